The number of carbonyl (C=O) groups is 3. The Bertz CT molecular complexity index is 1610. The van der Waals surface area contributed by atoms with E-state index in [-0.39, 0.29) is 49.1 Å². The molecule has 0 aromatic heterocycles. The normalized spacial score (nSPS) is 18.8. The summed E-state index contributed by atoms with van der Waals surface area (Å²) in [4.78, 5) is 42.1. The number of amides is 1. The Morgan fingerprint density at radius 2 is 1.14 bits per heavy atom. The molecule has 12 heteroatoms. The first-order chi connectivity index (χ1) is 36.6. The molecule has 0 bridgehead atoms. The van der Waals surface area contributed by atoms with Gasteiger partial charge in [0.15, 0.2) is 20.7 Å². The molecule has 1 aromatic carbocycles. The molecule has 1 aliphatic heterocycles. The molecule has 0 unspecified atom stereocenters. The van der Waals surface area contributed by atoms with Crippen LogP contribution in [0, 0.1) is 0 Å². The molecule has 1 aliphatic rings. The summed E-state index contributed by atoms with van der Waals surface area (Å²) in [5.41, 5.74) is 1.02. The van der Waals surface area contributed by atoms with Crippen LogP contribution in [0.5, 0.6) is 0 Å². The van der Waals surface area contributed by atoms with Gasteiger partial charge in [-0.3, -0.25) is 14.4 Å². The molecule has 1 aromatic rings. The van der Waals surface area contributed by atoms with Crippen molar-refractivity contribution in [3.8, 4) is 0 Å². The number of hydrogen-bond acceptors (Lipinski definition) is 10. The van der Waals surface area contributed by atoms with Gasteiger partial charge >= 0.3 is 11.9 Å². The van der Waals surface area contributed by atoms with Crippen molar-refractivity contribution in [1.29, 1.82) is 0 Å². The Balaban J connectivity index is 2.31. The van der Waals surface area contributed by atoms with Gasteiger partial charge in [0.05, 0.1) is 38.8 Å². The maximum absolute atomic E-state index is 14.4. The lowest BCUT2D eigenvalue weighted by Gasteiger charge is -2.45. The third kappa shape index (κ3) is 32.5. The Morgan fingerprint density at radius 1 is 0.671 bits per heavy atom. The molecular weight excluding hydrogens is 971 g/mol. The van der Waals surface area contributed by atoms with Crippen LogP contribution < -0.4 is 5.32 Å². The van der Waals surface area contributed by atoms with E-state index in [0.717, 1.165) is 63.4 Å². The predicted molar refractivity (Wildman–Crippen MR) is 315 cm³/mol. The van der Waals surface area contributed by atoms with E-state index in [4.69, 9.17) is 28.1 Å². The molecular formula is C64H115NO10Si. The second-order valence-corrected chi connectivity index (χ2v) is 28.5. The van der Waals surface area contributed by atoms with Gasteiger partial charge in [0, 0.05) is 6.42 Å². The lowest BCUT2D eigenvalue weighted by Crippen LogP contribution is -2.66. The zero-order valence-corrected chi connectivity index (χ0v) is 51.0. The third-order valence-electron chi connectivity index (χ3n) is 15.7. The fourth-order valence-corrected chi connectivity index (χ4v) is 10.8. The van der Waals surface area contributed by atoms with Gasteiger partial charge in [-0.15, -0.1) is 6.58 Å². The number of ether oxygens (including phenoxy) is 5. The van der Waals surface area contributed by atoms with Crippen LogP contribution in [0.3, 0.4) is 0 Å². The number of rotatable bonds is 48. The molecule has 2 N–H and O–H groups in total. The summed E-state index contributed by atoms with van der Waals surface area (Å²) < 4.78 is 38.2. The van der Waals surface area contributed by atoms with E-state index in [1.165, 1.54) is 128 Å². The second-order valence-electron chi connectivity index (χ2n) is 23.7. The summed E-state index contributed by atoms with van der Waals surface area (Å²) in [6.07, 6.45) is 31.3. The van der Waals surface area contributed by atoms with Crippen molar-refractivity contribution in [3.05, 3.63) is 48.6 Å². The lowest BCUT2D eigenvalue weighted by atomic mass is 9.96. The van der Waals surface area contributed by atoms with Crippen molar-refractivity contribution in [1.82, 2.24) is 5.32 Å². The average molecular weight is 1090 g/mol. The monoisotopic (exact) mass is 1090 g/mol. The summed E-state index contributed by atoms with van der Waals surface area (Å²) in [6.45, 7) is 21.8. The van der Waals surface area contributed by atoms with E-state index in [9.17, 15) is 19.5 Å². The number of aliphatic hydroxyl groups is 1. The van der Waals surface area contributed by atoms with Gasteiger partial charge in [-0.25, -0.2) is 0 Å². The van der Waals surface area contributed by atoms with Gasteiger partial charge in [0.25, 0.3) is 0 Å². The number of aliphatic hydroxyl groups excluding tert-OH is 1. The van der Waals surface area contributed by atoms with Crippen molar-refractivity contribution in [2.24, 2.45) is 0 Å². The zero-order valence-electron chi connectivity index (χ0n) is 50.0. The van der Waals surface area contributed by atoms with Crippen LogP contribution in [-0.2, 0) is 49.1 Å². The van der Waals surface area contributed by atoms with Crippen molar-refractivity contribution in [3.63, 3.8) is 0 Å². The predicted octanol–water partition coefficient (Wildman–Crippen LogP) is 16.5. The van der Waals surface area contributed by atoms with E-state index in [1.54, 1.807) is 6.08 Å². The number of carbonyl (C=O) groups excluding carboxylic acids is 3. The van der Waals surface area contributed by atoms with Crippen molar-refractivity contribution >= 4 is 26.2 Å². The van der Waals surface area contributed by atoms with E-state index < -0.39 is 51.0 Å². The minimum atomic E-state index is -2.32. The van der Waals surface area contributed by atoms with Crippen LogP contribution in [0.2, 0.25) is 18.1 Å². The van der Waals surface area contributed by atoms with Crippen LogP contribution in [0.1, 0.15) is 265 Å². The van der Waals surface area contributed by atoms with Gasteiger partial charge in [-0.2, -0.15) is 0 Å². The molecule has 1 fully saturated rings. The molecule has 0 spiro atoms. The first-order valence-electron chi connectivity index (χ1n) is 31.2. The van der Waals surface area contributed by atoms with Gasteiger partial charge in [0.1, 0.15) is 24.4 Å². The largest absolute Gasteiger partial charge is 0.462 e. The van der Waals surface area contributed by atoms with Crippen molar-refractivity contribution in [2.75, 3.05) is 13.2 Å². The topological polar surface area (TPSA) is 139 Å². The van der Waals surface area contributed by atoms with Gasteiger partial charge in [-0.05, 0) is 49.4 Å². The summed E-state index contributed by atoms with van der Waals surface area (Å²) in [6, 6.07) is 8.88. The minimum Gasteiger partial charge on any atom is -0.462 e. The number of benzene rings is 1. The van der Waals surface area contributed by atoms with Crippen molar-refractivity contribution < 1.29 is 47.6 Å². The molecule has 11 nitrogen and oxygen atoms in total. The molecule has 0 aliphatic carbocycles. The molecule has 1 amide bonds. The molecule has 0 saturated carbocycles. The van der Waals surface area contributed by atoms with E-state index in [0.29, 0.717) is 25.9 Å². The maximum Gasteiger partial charge on any atom is 0.310 e. The van der Waals surface area contributed by atoms with E-state index >= 15 is 0 Å². The van der Waals surface area contributed by atoms with Gasteiger partial charge < -0.3 is 38.5 Å². The van der Waals surface area contributed by atoms with E-state index in [1.807, 2.05) is 30.3 Å². The quantitative estimate of drug-likeness (QED) is 0.0281. The summed E-state index contributed by atoms with van der Waals surface area (Å²) in [5, 5.41) is 15.2. The highest BCUT2D eigenvalue weighted by Crippen LogP contribution is 2.37. The van der Waals surface area contributed by atoms with Gasteiger partial charge in [0.2, 0.25) is 5.91 Å². The summed E-state index contributed by atoms with van der Waals surface area (Å²) >= 11 is 0. The lowest BCUT2D eigenvalue weighted by molar-refractivity contribution is -0.270. The molecule has 1 heterocycles. The van der Waals surface area contributed by atoms with Crippen molar-refractivity contribution in [2.45, 2.75) is 327 Å². The highest BCUT2D eigenvalue weighted by atomic mass is 28.4. The maximum atomic E-state index is 14.4. The number of nitrogens with one attached hydrogen (secondary N) is 1. The number of esters is 2. The molecule has 76 heavy (non-hydrogen) atoms. The molecule has 2 rings (SSSR count). The van der Waals surface area contributed by atoms with Crippen LogP contribution in [0.15, 0.2) is 43.0 Å². The number of hydrogen-bond donors (Lipinski definition) is 2. The second kappa shape index (κ2) is 43.2. The standard InChI is InChI=1S/C64H115NO10Si/c1-10-14-17-20-23-26-27-30-33-36-42-47-58(67)73-55(46-41-35-32-29-25-22-19-16-12-3)50-59(68)75-62-60(63(70-48-13-4)74-56(61(62)69)52-72-76(8,9)64(5,6)7)65-57(66)49-54(71-51-53-43-38-37-39-44-53)45-40-34-31-28-24-21-18-15-11-2/h13,37-39,43-44,54-56,60-63,69H,4,10-12,14-36,40-42,45-52H2,1-3,5-9H3,(H,65,66)/t54-,55-,56-,60-,61-,62-,63+/m1/s1. The first kappa shape index (κ1) is 69.5. The minimum absolute atomic E-state index is 0.0341. The third-order valence-corrected chi connectivity index (χ3v) is 20.2. The fraction of sp³-hybridized carbons (Fsp3) is 0.828. The van der Waals surface area contributed by atoms with E-state index in [2.05, 4.69) is 66.5 Å². The Labute approximate surface area is 466 Å². The van der Waals surface area contributed by atoms with Crippen LogP contribution in [0.25, 0.3) is 0 Å². The highest BCUT2D eigenvalue weighted by molar-refractivity contribution is 6.74. The van der Waals surface area contributed by atoms with Crippen LogP contribution in [0.4, 0.5) is 0 Å². The zero-order chi connectivity index (χ0) is 55.7. The Hall–Kier alpha value is -2.61. The summed E-state index contributed by atoms with van der Waals surface area (Å²) in [5.74, 6) is -1.26. The SMILES string of the molecule is C=CCO[C@H]1O[C@H](CO[Si](C)(C)C(C)(C)C)[C@@H](O)[C@H](OC(=O)C[C@@H](CCCCCCCCCCC)OC(=O)CCCCCCCCCCCCC)[C@H]1NC(=O)C[C@@H](CCCCCCCCCCC)OCc1ccccc1. The smallest absolute Gasteiger partial charge is 0.310 e. The number of unbranched alkanes of at least 4 members (excludes halogenated alkanes) is 26. The fourth-order valence-electron chi connectivity index (χ4n) is 9.78. The Morgan fingerprint density at radius 3 is 1.63 bits per heavy atom. The Kier molecular flexibility index (Phi) is 39.5. The molecule has 440 valence electrons. The first-order valence-corrected chi connectivity index (χ1v) is 34.1. The van der Waals surface area contributed by atoms with Gasteiger partial charge in [-0.1, -0.05) is 251 Å². The summed E-state index contributed by atoms with van der Waals surface area (Å²) in [7, 11) is -2.32. The average Bonchev–Trinajstić information content (AvgIpc) is 3.38. The molecule has 1 saturated heterocycles. The molecule has 0 radical (unpaired) electrons. The highest BCUT2D eigenvalue weighted by Gasteiger charge is 2.50. The van der Waals surface area contributed by atoms with Crippen LogP contribution >= 0.6 is 0 Å². The molecule has 7 atom stereocenters. The van der Waals surface area contributed by atoms with Crippen LogP contribution in [-0.4, -0.2) is 87.3 Å².